The zero-order chi connectivity index (χ0) is 22.6. The Kier molecular flexibility index (Phi) is 6.43. The van der Waals surface area contributed by atoms with Crippen LogP contribution in [0.3, 0.4) is 0 Å². The van der Waals surface area contributed by atoms with Crippen LogP contribution < -0.4 is 15.6 Å². The second kappa shape index (κ2) is 9.03. The van der Waals surface area contributed by atoms with Crippen LogP contribution in [0.15, 0.2) is 65.5 Å². The molecule has 3 rings (SSSR count). The van der Waals surface area contributed by atoms with Gasteiger partial charge in [-0.3, -0.25) is 9.59 Å². The maximum Gasteiger partial charge on any atom is 0.418 e. The van der Waals surface area contributed by atoms with Crippen LogP contribution in [-0.2, 0) is 11.0 Å². The highest BCUT2D eigenvalue weighted by molar-refractivity contribution is 5.94. The lowest BCUT2D eigenvalue weighted by atomic mass is 10.1. The van der Waals surface area contributed by atoms with Gasteiger partial charge in [-0.2, -0.15) is 18.3 Å². The normalized spacial score (nSPS) is 12.3. The van der Waals surface area contributed by atoms with Gasteiger partial charge in [0.05, 0.1) is 23.6 Å². The van der Waals surface area contributed by atoms with Crippen LogP contribution in [0.1, 0.15) is 25.5 Å². The summed E-state index contributed by atoms with van der Waals surface area (Å²) in [7, 11) is 0. The molecule has 0 fully saturated rings. The number of hydrogen-bond acceptors (Lipinski definition) is 4. The molecule has 0 spiro atoms. The minimum atomic E-state index is -4.63. The number of ether oxygens (including phenoxy) is 1. The maximum atomic E-state index is 13.2. The van der Waals surface area contributed by atoms with E-state index in [0.29, 0.717) is 23.6 Å². The van der Waals surface area contributed by atoms with Crippen molar-refractivity contribution in [3.8, 4) is 17.0 Å². The van der Waals surface area contributed by atoms with E-state index in [1.807, 2.05) is 6.92 Å². The fourth-order valence-electron chi connectivity index (χ4n) is 2.93. The number of carbonyl (C=O) groups is 1. The monoisotopic (exact) mass is 431 g/mol. The highest BCUT2D eigenvalue weighted by Gasteiger charge is 2.34. The summed E-state index contributed by atoms with van der Waals surface area (Å²) in [5.41, 5.74) is -0.798. The summed E-state index contributed by atoms with van der Waals surface area (Å²) in [5.74, 6) is -0.120. The quantitative estimate of drug-likeness (QED) is 0.623. The molecule has 0 bridgehead atoms. The second-order valence-electron chi connectivity index (χ2n) is 6.67. The standard InChI is InChI=1S/C22H20F3N3O3/c1-3-31-16-10-8-15(9-11-16)18-12-13-20(29)28(27-18)14(2)21(30)26-19-7-5-4-6-17(19)22(23,24)25/h4-14H,3H2,1-2H3,(H,26,30). The van der Waals surface area contributed by atoms with Crippen molar-refractivity contribution in [2.45, 2.75) is 26.1 Å². The van der Waals surface area contributed by atoms with Gasteiger partial charge in [0.2, 0.25) is 5.91 Å². The Morgan fingerprint density at radius 1 is 1.10 bits per heavy atom. The van der Waals surface area contributed by atoms with E-state index < -0.39 is 29.2 Å². The van der Waals surface area contributed by atoms with Gasteiger partial charge in [-0.25, -0.2) is 4.68 Å². The number of rotatable bonds is 6. The Balaban J connectivity index is 1.87. The zero-order valence-corrected chi connectivity index (χ0v) is 16.8. The molecule has 1 N–H and O–H groups in total. The number of hydrogen-bond donors (Lipinski definition) is 1. The van der Waals surface area contributed by atoms with Gasteiger partial charge in [0.25, 0.3) is 5.56 Å². The third kappa shape index (κ3) is 5.11. The van der Waals surface area contributed by atoms with Crippen LogP contribution in [0.2, 0.25) is 0 Å². The van der Waals surface area contributed by atoms with E-state index in [4.69, 9.17) is 4.74 Å². The lowest BCUT2D eigenvalue weighted by molar-refractivity contribution is -0.137. The van der Waals surface area contributed by atoms with Gasteiger partial charge < -0.3 is 10.1 Å². The molecule has 0 aliphatic rings. The molecule has 6 nitrogen and oxygen atoms in total. The van der Waals surface area contributed by atoms with Crippen molar-refractivity contribution in [1.82, 2.24) is 9.78 Å². The van der Waals surface area contributed by atoms with Crippen molar-refractivity contribution in [2.24, 2.45) is 0 Å². The fourth-order valence-corrected chi connectivity index (χ4v) is 2.93. The number of carbonyl (C=O) groups excluding carboxylic acids is 1. The van der Waals surface area contributed by atoms with E-state index in [1.165, 1.54) is 31.2 Å². The summed E-state index contributed by atoms with van der Waals surface area (Å²) in [5, 5.41) is 6.48. The predicted molar refractivity (Wildman–Crippen MR) is 110 cm³/mol. The molecular formula is C22H20F3N3O3. The van der Waals surface area contributed by atoms with Gasteiger partial charge in [0, 0.05) is 11.6 Å². The number of benzene rings is 2. The summed E-state index contributed by atoms with van der Waals surface area (Å²) in [4.78, 5) is 24.9. The Labute approximate surface area is 176 Å². The molecule has 0 saturated carbocycles. The van der Waals surface area contributed by atoms with Crippen molar-refractivity contribution in [2.75, 3.05) is 11.9 Å². The highest BCUT2D eigenvalue weighted by Crippen LogP contribution is 2.34. The van der Waals surface area contributed by atoms with E-state index in [2.05, 4.69) is 10.4 Å². The largest absolute Gasteiger partial charge is 0.494 e. The smallest absolute Gasteiger partial charge is 0.418 e. The van der Waals surface area contributed by atoms with E-state index in [-0.39, 0.29) is 5.69 Å². The lowest BCUT2D eigenvalue weighted by Crippen LogP contribution is -2.33. The van der Waals surface area contributed by atoms with Crippen LogP contribution in [0.25, 0.3) is 11.3 Å². The molecule has 0 aliphatic heterocycles. The predicted octanol–water partition coefficient (Wildman–Crippen LogP) is 4.53. The Bertz CT molecular complexity index is 1130. The van der Waals surface area contributed by atoms with Crippen LogP contribution in [0.5, 0.6) is 5.75 Å². The highest BCUT2D eigenvalue weighted by atomic mass is 19.4. The van der Waals surface area contributed by atoms with Crippen LogP contribution in [-0.4, -0.2) is 22.3 Å². The van der Waals surface area contributed by atoms with E-state index >= 15 is 0 Å². The van der Waals surface area contributed by atoms with Crippen LogP contribution in [0.4, 0.5) is 18.9 Å². The summed E-state index contributed by atoms with van der Waals surface area (Å²) in [6, 6.07) is 13.3. The second-order valence-corrected chi connectivity index (χ2v) is 6.67. The minimum absolute atomic E-state index is 0.387. The van der Waals surface area contributed by atoms with E-state index in [0.717, 1.165) is 16.8 Å². The number of para-hydroxylation sites is 1. The Hall–Kier alpha value is -3.62. The number of aromatic nitrogens is 2. The summed E-state index contributed by atoms with van der Waals surface area (Å²) < 4.78 is 45.9. The number of nitrogens with one attached hydrogen (secondary N) is 1. The Morgan fingerprint density at radius 3 is 2.42 bits per heavy atom. The molecule has 0 radical (unpaired) electrons. The van der Waals surface area contributed by atoms with Crippen molar-refractivity contribution in [3.05, 3.63) is 76.6 Å². The SMILES string of the molecule is CCOc1ccc(-c2ccc(=O)n(C(C)C(=O)Nc3ccccc3C(F)(F)F)n2)cc1. The number of anilines is 1. The molecule has 0 aliphatic carbocycles. The first-order valence-corrected chi connectivity index (χ1v) is 9.51. The van der Waals surface area contributed by atoms with Crippen molar-refractivity contribution in [1.29, 1.82) is 0 Å². The average molecular weight is 431 g/mol. The molecule has 1 heterocycles. The molecule has 1 atom stereocenters. The molecule has 162 valence electrons. The molecule has 31 heavy (non-hydrogen) atoms. The number of amides is 1. The summed E-state index contributed by atoms with van der Waals surface area (Å²) >= 11 is 0. The van der Waals surface area contributed by atoms with Crippen LogP contribution in [0, 0.1) is 0 Å². The summed E-state index contributed by atoms with van der Waals surface area (Å²) in [6.45, 7) is 3.78. The molecule has 9 heteroatoms. The molecule has 1 aromatic heterocycles. The van der Waals surface area contributed by atoms with Gasteiger partial charge in [-0.1, -0.05) is 12.1 Å². The number of halogens is 3. The summed E-state index contributed by atoms with van der Waals surface area (Å²) in [6.07, 6.45) is -4.63. The first kappa shape index (κ1) is 22.1. The fraction of sp³-hybridized carbons (Fsp3) is 0.227. The Morgan fingerprint density at radius 2 is 1.77 bits per heavy atom. The molecule has 0 saturated heterocycles. The van der Waals surface area contributed by atoms with Gasteiger partial charge in [-0.05, 0) is 56.3 Å². The molecule has 1 amide bonds. The topological polar surface area (TPSA) is 73.2 Å². The number of alkyl halides is 3. The first-order valence-electron chi connectivity index (χ1n) is 9.51. The third-order valence-electron chi connectivity index (χ3n) is 4.52. The number of nitrogens with zero attached hydrogens (tertiary/aromatic N) is 2. The molecule has 2 aromatic carbocycles. The molecule has 3 aromatic rings. The van der Waals surface area contributed by atoms with Gasteiger partial charge in [0.1, 0.15) is 11.8 Å². The first-order chi connectivity index (χ1) is 14.7. The zero-order valence-electron chi connectivity index (χ0n) is 16.8. The van der Waals surface area contributed by atoms with Gasteiger partial charge >= 0.3 is 6.18 Å². The lowest BCUT2D eigenvalue weighted by Gasteiger charge is -2.17. The minimum Gasteiger partial charge on any atom is -0.494 e. The molecule has 1 unspecified atom stereocenters. The van der Waals surface area contributed by atoms with E-state index in [1.54, 1.807) is 24.3 Å². The van der Waals surface area contributed by atoms with E-state index in [9.17, 15) is 22.8 Å². The molecular weight excluding hydrogens is 411 g/mol. The van der Waals surface area contributed by atoms with Crippen molar-refractivity contribution < 1.29 is 22.7 Å². The third-order valence-corrected chi connectivity index (χ3v) is 4.52. The van der Waals surface area contributed by atoms with Gasteiger partial charge in [-0.15, -0.1) is 0 Å². The maximum absolute atomic E-state index is 13.2. The van der Waals surface area contributed by atoms with Gasteiger partial charge in [0.15, 0.2) is 0 Å². The average Bonchev–Trinajstić information content (AvgIpc) is 2.74. The van der Waals surface area contributed by atoms with Crippen molar-refractivity contribution >= 4 is 11.6 Å². The van der Waals surface area contributed by atoms with Crippen molar-refractivity contribution in [3.63, 3.8) is 0 Å². The van der Waals surface area contributed by atoms with Crippen LogP contribution >= 0.6 is 0 Å².